The normalized spacial score (nSPS) is 10.9. The Morgan fingerprint density at radius 3 is 2.59 bits per heavy atom. The molecule has 1 heterocycles. The first kappa shape index (κ1) is 20.2. The lowest BCUT2D eigenvalue weighted by Gasteiger charge is -2.12. The van der Waals surface area contributed by atoms with Crippen LogP contribution in [0.4, 0.5) is 8.78 Å². The number of amides is 1. The van der Waals surface area contributed by atoms with E-state index in [-0.39, 0.29) is 35.9 Å². The van der Waals surface area contributed by atoms with E-state index < -0.39 is 6.61 Å². The third-order valence-corrected chi connectivity index (χ3v) is 4.29. The molecule has 1 amide bonds. The standard InChI is InChI=1S/C20H19F2N3O4/c1-25-19(27)14-6-4-3-5-13(14)15(24-25)10-18(26)23-11-12-7-8-16(29-20(21)22)17(9-12)28-2/h3-9,20H,10-11H2,1-2H3,(H,23,26). The zero-order valence-corrected chi connectivity index (χ0v) is 15.8. The Labute approximate surface area is 164 Å². The molecule has 0 atom stereocenters. The molecule has 0 aliphatic rings. The molecular formula is C20H19F2N3O4. The third-order valence-electron chi connectivity index (χ3n) is 4.29. The maximum absolute atomic E-state index is 12.4. The fourth-order valence-corrected chi connectivity index (χ4v) is 2.94. The Bertz CT molecular complexity index is 1100. The Balaban J connectivity index is 1.72. The highest BCUT2D eigenvalue weighted by molar-refractivity contribution is 5.88. The van der Waals surface area contributed by atoms with Crippen LogP contribution < -0.4 is 20.3 Å². The highest BCUT2D eigenvalue weighted by atomic mass is 19.3. The van der Waals surface area contributed by atoms with Crippen molar-refractivity contribution in [2.45, 2.75) is 19.6 Å². The SMILES string of the molecule is COc1cc(CNC(=O)Cc2nn(C)c(=O)c3ccccc23)ccc1OC(F)F. The van der Waals surface area contributed by atoms with Gasteiger partial charge in [-0.3, -0.25) is 9.59 Å². The Morgan fingerprint density at radius 2 is 1.90 bits per heavy atom. The van der Waals surface area contributed by atoms with Gasteiger partial charge < -0.3 is 14.8 Å². The van der Waals surface area contributed by atoms with Gasteiger partial charge in [-0.05, 0) is 23.8 Å². The van der Waals surface area contributed by atoms with E-state index in [1.54, 1.807) is 30.3 Å². The smallest absolute Gasteiger partial charge is 0.387 e. The summed E-state index contributed by atoms with van der Waals surface area (Å²) in [4.78, 5) is 24.6. The van der Waals surface area contributed by atoms with Crippen molar-refractivity contribution in [1.82, 2.24) is 15.1 Å². The Hall–Kier alpha value is -3.49. The van der Waals surface area contributed by atoms with Crippen LogP contribution >= 0.6 is 0 Å². The first-order valence-corrected chi connectivity index (χ1v) is 8.72. The molecule has 0 aliphatic heterocycles. The monoisotopic (exact) mass is 403 g/mol. The number of nitrogens with one attached hydrogen (secondary N) is 1. The van der Waals surface area contributed by atoms with E-state index in [0.717, 1.165) is 0 Å². The van der Waals surface area contributed by atoms with Gasteiger partial charge in [0.2, 0.25) is 5.91 Å². The third kappa shape index (κ3) is 4.68. The van der Waals surface area contributed by atoms with Crippen LogP contribution in [0.2, 0.25) is 0 Å². The first-order valence-electron chi connectivity index (χ1n) is 8.72. The van der Waals surface area contributed by atoms with E-state index in [0.29, 0.717) is 22.0 Å². The predicted octanol–water partition coefficient (Wildman–Crippen LogP) is 2.40. The van der Waals surface area contributed by atoms with Crippen LogP contribution in [0, 0.1) is 0 Å². The number of alkyl halides is 2. The molecular weight excluding hydrogens is 384 g/mol. The van der Waals surface area contributed by atoms with E-state index in [4.69, 9.17) is 4.74 Å². The first-order chi connectivity index (χ1) is 13.9. The summed E-state index contributed by atoms with van der Waals surface area (Å²) in [6, 6.07) is 11.4. The van der Waals surface area contributed by atoms with Gasteiger partial charge in [-0.25, -0.2) is 4.68 Å². The quantitative estimate of drug-likeness (QED) is 0.655. The molecule has 9 heteroatoms. The maximum Gasteiger partial charge on any atom is 0.387 e. The van der Waals surface area contributed by atoms with Crippen molar-refractivity contribution in [3.8, 4) is 11.5 Å². The van der Waals surface area contributed by atoms with Crippen LogP contribution in [-0.2, 0) is 24.8 Å². The molecule has 3 aromatic rings. The summed E-state index contributed by atoms with van der Waals surface area (Å²) in [6.45, 7) is -2.80. The van der Waals surface area contributed by atoms with Gasteiger partial charge >= 0.3 is 6.61 Å². The average molecular weight is 403 g/mol. The zero-order chi connectivity index (χ0) is 21.0. The molecule has 0 spiro atoms. The van der Waals surface area contributed by atoms with E-state index in [2.05, 4.69) is 15.2 Å². The van der Waals surface area contributed by atoms with Crippen molar-refractivity contribution >= 4 is 16.7 Å². The second kappa shape index (κ2) is 8.68. The van der Waals surface area contributed by atoms with Crippen molar-refractivity contribution < 1.29 is 23.0 Å². The van der Waals surface area contributed by atoms with Gasteiger partial charge in [-0.2, -0.15) is 13.9 Å². The van der Waals surface area contributed by atoms with Gasteiger partial charge in [0, 0.05) is 19.0 Å². The van der Waals surface area contributed by atoms with E-state index in [9.17, 15) is 18.4 Å². The lowest BCUT2D eigenvalue weighted by molar-refractivity contribution is -0.120. The van der Waals surface area contributed by atoms with Gasteiger partial charge in [-0.15, -0.1) is 0 Å². The molecule has 3 rings (SSSR count). The van der Waals surface area contributed by atoms with Crippen molar-refractivity contribution in [1.29, 1.82) is 0 Å². The summed E-state index contributed by atoms with van der Waals surface area (Å²) in [7, 11) is 2.87. The van der Waals surface area contributed by atoms with Crippen LogP contribution in [0.5, 0.6) is 11.5 Å². The molecule has 0 saturated carbocycles. The minimum absolute atomic E-state index is 0.0155. The fraction of sp³-hybridized carbons (Fsp3) is 0.250. The van der Waals surface area contributed by atoms with Crippen molar-refractivity contribution in [2.75, 3.05) is 7.11 Å². The van der Waals surface area contributed by atoms with Gasteiger partial charge in [-0.1, -0.05) is 24.3 Å². The van der Waals surface area contributed by atoms with Gasteiger partial charge in [0.25, 0.3) is 5.56 Å². The number of benzene rings is 2. The molecule has 0 bridgehead atoms. The number of carbonyl (C=O) groups excluding carboxylic acids is 1. The van der Waals surface area contributed by atoms with Crippen LogP contribution in [0.25, 0.3) is 10.8 Å². The predicted molar refractivity (Wildman–Crippen MR) is 102 cm³/mol. The highest BCUT2D eigenvalue weighted by Gasteiger charge is 2.14. The molecule has 0 unspecified atom stereocenters. The summed E-state index contributed by atoms with van der Waals surface area (Å²) in [6.07, 6.45) is -0.0155. The number of halogens is 2. The molecule has 0 aliphatic carbocycles. The molecule has 152 valence electrons. The van der Waals surface area contributed by atoms with Crippen molar-refractivity contribution in [2.24, 2.45) is 7.05 Å². The molecule has 1 aromatic heterocycles. The largest absolute Gasteiger partial charge is 0.493 e. The van der Waals surface area contributed by atoms with Crippen LogP contribution in [0.3, 0.4) is 0 Å². The van der Waals surface area contributed by atoms with Crippen LogP contribution in [-0.4, -0.2) is 29.4 Å². The number of aryl methyl sites for hydroxylation is 1. The molecule has 29 heavy (non-hydrogen) atoms. The molecule has 1 N–H and O–H groups in total. The number of rotatable bonds is 7. The van der Waals surface area contributed by atoms with E-state index in [1.165, 1.54) is 31.0 Å². The second-order valence-corrected chi connectivity index (χ2v) is 6.24. The van der Waals surface area contributed by atoms with E-state index >= 15 is 0 Å². The number of carbonyl (C=O) groups is 1. The van der Waals surface area contributed by atoms with Crippen LogP contribution in [0.1, 0.15) is 11.3 Å². The molecule has 0 saturated heterocycles. The van der Waals surface area contributed by atoms with E-state index in [1.807, 2.05) is 0 Å². The second-order valence-electron chi connectivity index (χ2n) is 6.24. The molecule has 2 aromatic carbocycles. The number of ether oxygens (including phenoxy) is 2. The van der Waals surface area contributed by atoms with Crippen molar-refractivity contribution in [3.05, 3.63) is 64.1 Å². The summed E-state index contributed by atoms with van der Waals surface area (Å²) in [5.41, 5.74) is 0.900. The van der Waals surface area contributed by atoms with Crippen LogP contribution in [0.15, 0.2) is 47.3 Å². The molecule has 0 fully saturated rings. The van der Waals surface area contributed by atoms with Crippen molar-refractivity contribution in [3.63, 3.8) is 0 Å². The Morgan fingerprint density at radius 1 is 1.17 bits per heavy atom. The number of hydrogen-bond donors (Lipinski definition) is 1. The summed E-state index contributed by atoms with van der Waals surface area (Å²) in [5.74, 6) is -0.241. The number of nitrogens with zero attached hydrogens (tertiary/aromatic N) is 2. The topological polar surface area (TPSA) is 82.5 Å². The number of fused-ring (bicyclic) bond motifs is 1. The highest BCUT2D eigenvalue weighted by Crippen LogP contribution is 2.29. The van der Waals surface area contributed by atoms with Gasteiger partial charge in [0.15, 0.2) is 11.5 Å². The lowest BCUT2D eigenvalue weighted by Crippen LogP contribution is -2.27. The lowest BCUT2D eigenvalue weighted by atomic mass is 10.1. The number of aromatic nitrogens is 2. The van der Waals surface area contributed by atoms with Gasteiger partial charge in [0.05, 0.1) is 24.6 Å². The summed E-state index contributed by atoms with van der Waals surface area (Å²) >= 11 is 0. The van der Waals surface area contributed by atoms with Gasteiger partial charge in [0.1, 0.15) is 0 Å². The molecule has 0 radical (unpaired) electrons. The molecule has 7 nitrogen and oxygen atoms in total. The fourth-order valence-electron chi connectivity index (χ4n) is 2.94. The maximum atomic E-state index is 12.4. The number of methoxy groups -OCH3 is 1. The number of hydrogen-bond acceptors (Lipinski definition) is 5. The minimum Gasteiger partial charge on any atom is -0.493 e. The summed E-state index contributed by atoms with van der Waals surface area (Å²) in [5, 5.41) is 8.06. The summed E-state index contributed by atoms with van der Waals surface area (Å²) < 4.78 is 35.4. The Kier molecular flexibility index (Phi) is 6.06. The average Bonchev–Trinajstić information content (AvgIpc) is 2.70. The zero-order valence-electron chi connectivity index (χ0n) is 15.8. The minimum atomic E-state index is -2.96.